The topological polar surface area (TPSA) is 94.2 Å². The maximum Gasteiger partial charge on any atom is 0.335 e. The molecule has 1 aliphatic heterocycles. The number of urea groups is 1. The number of amides is 4. The number of hydrogen-bond donors (Lipinski definition) is 1. The highest BCUT2D eigenvalue weighted by Crippen LogP contribution is 2.31. The summed E-state index contributed by atoms with van der Waals surface area (Å²) in [5, 5.41) is 3.16. The molecule has 0 atom stereocenters. The molecule has 4 amide bonds. The minimum Gasteiger partial charge on any atom is -0.497 e. The number of carbonyl (C=O) groups is 3. The van der Waals surface area contributed by atoms with E-state index in [1.165, 1.54) is 13.2 Å². The van der Waals surface area contributed by atoms with E-state index >= 15 is 0 Å². The van der Waals surface area contributed by atoms with Crippen LogP contribution in [0.3, 0.4) is 0 Å². The zero-order chi connectivity index (χ0) is 27.9. The molecule has 0 unspecified atom stereocenters. The molecule has 10 heteroatoms. The molecule has 1 N–H and O–H groups in total. The predicted octanol–water partition coefficient (Wildman–Crippen LogP) is 6.43. The fraction of sp³-hybridized carbons (Fsp3) is 0.207. The molecular weight excluding hydrogens is 543 g/mol. The van der Waals surface area contributed by atoms with Gasteiger partial charge in [-0.05, 0) is 61.0 Å². The minimum absolute atomic E-state index is 0.0940. The molecule has 0 spiro atoms. The van der Waals surface area contributed by atoms with Crippen molar-refractivity contribution in [3.63, 3.8) is 0 Å². The maximum atomic E-state index is 13.4. The van der Waals surface area contributed by atoms with Crippen molar-refractivity contribution >= 4 is 52.8 Å². The molecule has 1 heterocycles. The Morgan fingerprint density at radius 3 is 2.36 bits per heavy atom. The van der Waals surface area contributed by atoms with Crippen molar-refractivity contribution in [1.82, 2.24) is 5.32 Å². The third kappa shape index (κ3) is 6.71. The van der Waals surface area contributed by atoms with E-state index < -0.39 is 17.8 Å². The van der Waals surface area contributed by atoms with Crippen LogP contribution in [-0.2, 0) is 16.2 Å². The van der Waals surface area contributed by atoms with Crippen LogP contribution in [0.4, 0.5) is 10.5 Å². The van der Waals surface area contributed by atoms with Gasteiger partial charge in [0.15, 0.2) is 0 Å². The summed E-state index contributed by atoms with van der Waals surface area (Å²) < 4.78 is 17.0. The normalized spacial score (nSPS) is 14.4. The van der Waals surface area contributed by atoms with Gasteiger partial charge in [-0.25, -0.2) is 9.69 Å². The summed E-state index contributed by atoms with van der Waals surface area (Å²) in [6.07, 6.45) is 3.28. The number of ether oxygens (including phenoxy) is 3. The SMILES string of the molecule is CCCCOc1ccc(N2C(=O)NC(=O)/C(=C/c3ccc(OC)cc3OCc3ccc(Cl)cc3Cl)C2=O)cc1. The second-order valence-corrected chi connectivity index (χ2v) is 9.43. The van der Waals surface area contributed by atoms with E-state index in [0.717, 1.165) is 17.7 Å². The Kier molecular flexibility index (Phi) is 9.11. The number of nitrogens with one attached hydrogen (secondary N) is 1. The second-order valence-electron chi connectivity index (χ2n) is 8.58. The highest BCUT2D eigenvalue weighted by molar-refractivity contribution is 6.39. The summed E-state index contributed by atoms with van der Waals surface area (Å²) in [5.41, 5.74) is 1.17. The number of rotatable bonds is 10. The lowest BCUT2D eigenvalue weighted by molar-refractivity contribution is -0.122. The fourth-order valence-corrected chi connectivity index (χ4v) is 4.22. The third-order valence-corrected chi connectivity index (χ3v) is 6.47. The number of carbonyl (C=O) groups excluding carboxylic acids is 3. The van der Waals surface area contributed by atoms with Gasteiger partial charge >= 0.3 is 6.03 Å². The Bertz CT molecular complexity index is 1420. The lowest BCUT2D eigenvalue weighted by atomic mass is 10.1. The van der Waals surface area contributed by atoms with Gasteiger partial charge in [0, 0.05) is 27.2 Å². The summed E-state index contributed by atoms with van der Waals surface area (Å²) >= 11 is 12.3. The summed E-state index contributed by atoms with van der Waals surface area (Å²) in [5.74, 6) is -0.128. The molecule has 0 radical (unpaired) electrons. The first kappa shape index (κ1) is 28.0. The van der Waals surface area contributed by atoms with E-state index in [-0.39, 0.29) is 12.2 Å². The molecular formula is C29H26Cl2N2O6. The summed E-state index contributed by atoms with van der Waals surface area (Å²) in [7, 11) is 1.51. The molecule has 8 nitrogen and oxygen atoms in total. The largest absolute Gasteiger partial charge is 0.497 e. The predicted molar refractivity (Wildman–Crippen MR) is 150 cm³/mol. The van der Waals surface area contributed by atoms with Crippen molar-refractivity contribution in [2.24, 2.45) is 0 Å². The zero-order valence-electron chi connectivity index (χ0n) is 21.3. The summed E-state index contributed by atoms with van der Waals surface area (Å²) in [4.78, 5) is 39.6. The van der Waals surface area contributed by atoms with Gasteiger partial charge in [-0.15, -0.1) is 0 Å². The van der Waals surface area contributed by atoms with Crippen LogP contribution in [0.25, 0.3) is 6.08 Å². The second kappa shape index (κ2) is 12.7. The van der Waals surface area contributed by atoms with E-state index in [1.807, 2.05) is 0 Å². The van der Waals surface area contributed by atoms with Crippen LogP contribution in [-0.4, -0.2) is 31.6 Å². The lowest BCUT2D eigenvalue weighted by Gasteiger charge is -2.26. The zero-order valence-corrected chi connectivity index (χ0v) is 22.8. The Morgan fingerprint density at radius 1 is 0.923 bits per heavy atom. The number of imide groups is 2. The number of benzene rings is 3. The fourth-order valence-electron chi connectivity index (χ4n) is 3.75. The molecule has 3 aromatic rings. The van der Waals surface area contributed by atoms with Gasteiger partial charge in [-0.2, -0.15) is 0 Å². The maximum absolute atomic E-state index is 13.4. The number of methoxy groups -OCH3 is 1. The van der Waals surface area contributed by atoms with Crippen molar-refractivity contribution in [2.45, 2.75) is 26.4 Å². The van der Waals surface area contributed by atoms with Gasteiger partial charge < -0.3 is 14.2 Å². The van der Waals surface area contributed by atoms with Crippen LogP contribution >= 0.6 is 23.2 Å². The van der Waals surface area contributed by atoms with Crippen LogP contribution < -0.4 is 24.4 Å². The number of hydrogen-bond acceptors (Lipinski definition) is 6. The summed E-state index contributed by atoms with van der Waals surface area (Å²) in [6, 6.07) is 15.7. The molecule has 1 fully saturated rings. The van der Waals surface area contributed by atoms with Crippen molar-refractivity contribution < 1.29 is 28.6 Å². The van der Waals surface area contributed by atoms with E-state index in [9.17, 15) is 14.4 Å². The number of halogens is 2. The van der Waals surface area contributed by atoms with Gasteiger partial charge in [0.1, 0.15) is 29.4 Å². The highest BCUT2D eigenvalue weighted by Gasteiger charge is 2.37. The van der Waals surface area contributed by atoms with E-state index in [0.29, 0.717) is 50.7 Å². The van der Waals surface area contributed by atoms with E-state index in [1.54, 1.807) is 60.7 Å². The van der Waals surface area contributed by atoms with Crippen molar-refractivity contribution in [3.05, 3.63) is 87.4 Å². The Labute approximate surface area is 236 Å². The molecule has 0 saturated carbocycles. The molecule has 0 aliphatic carbocycles. The van der Waals surface area contributed by atoms with E-state index in [4.69, 9.17) is 37.4 Å². The smallest absolute Gasteiger partial charge is 0.335 e. The molecule has 1 aliphatic rings. The van der Waals surface area contributed by atoms with Gasteiger partial charge in [0.25, 0.3) is 11.8 Å². The molecule has 39 heavy (non-hydrogen) atoms. The number of nitrogens with zero attached hydrogens (tertiary/aromatic N) is 1. The van der Waals surface area contributed by atoms with Crippen LogP contribution in [0.2, 0.25) is 10.0 Å². The van der Waals surface area contributed by atoms with Crippen LogP contribution in [0, 0.1) is 0 Å². The van der Waals surface area contributed by atoms with Crippen LogP contribution in [0.1, 0.15) is 30.9 Å². The van der Waals surface area contributed by atoms with Gasteiger partial charge in [0.2, 0.25) is 0 Å². The average molecular weight is 569 g/mol. The monoisotopic (exact) mass is 568 g/mol. The standard InChI is InChI=1S/C29H26Cl2N2O6/c1-3-4-13-38-22-11-8-21(9-12-22)33-28(35)24(27(34)32-29(33)36)14-18-6-10-23(37-2)16-26(18)39-17-19-5-7-20(30)15-25(19)31/h5-12,14-16H,3-4,13,17H2,1-2H3,(H,32,34,36)/b24-14-. The average Bonchev–Trinajstić information content (AvgIpc) is 2.92. The molecule has 4 rings (SSSR count). The first-order valence-corrected chi connectivity index (χ1v) is 13.0. The van der Waals surface area contributed by atoms with E-state index in [2.05, 4.69) is 12.2 Å². The van der Waals surface area contributed by atoms with Gasteiger partial charge in [-0.1, -0.05) is 42.6 Å². The minimum atomic E-state index is -0.842. The number of anilines is 1. The quantitative estimate of drug-likeness (QED) is 0.172. The Hall–Kier alpha value is -4.01. The molecule has 1 saturated heterocycles. The van der Waals surface area contributed by atoms with Crippen molar-refractivity contribution in [3.8, 4) is 17.2 Å². The number of unbranched alkanes of at least 4 members (excludes halogenated alkanes) is 1. The molecule has 3 aromatic carbocycles. The molecule has 0 bridgehead atoms. The highest BCUT2D eigenvalue weighted by atomic mass is 35.5. The third-order valence-electron chi connectivity index (χ3n) is 5.88. The molecule has 202 valence electrons. The first-order valence-electron chi connectivity index (χ1n) is 12.2. The molecule has 0 aromatic heterocycles. The Morgan fingerprint density at radius 2 is 1.67 bits per heavy atom. The van der Waals surface area contributed by atoms with Gasteiger partial charge in [-0.3, -0.25) is 14.9 Å². The Balaban J connectivity index is 1.61. The first-order chi connectivity index (χ1) is 18.8. The van der Waals surface area contributed by atoms with Crippen LogP contribution in [0.5, 0.6) is 17.2 Å². The van der Waals surface area contributed by atoms with Crippen molar-refractivity contribution in [2.75, 3.05) is 18.6 Å². The van der Waals surface area contributed by atoms with Gasteiger partial charge in [0.05, 0.1) is 19.4 Å². The lowest BCUT2D eigenvalue weighted by Crippen LogP contribution is -2.54. The summed E-state index contributed by atoms with van der Waals surface area (Å²) in [6.45, 7) is 2.73. The van der Waals surface area contributed by atoms with Crippen LogP contribution in [0.15, 0.2) is 66.2 Å². The number of barbiturate groups is 1. The van der Waals surface area contributed by atoms with Crippen molar-refractivity contribution in [1.29, 1.82) is 0 Å².